The molecule has 13 heteroatoms. The largest absolute Gasteiger partial charge is 0.508 e. The Balaban J connectivity index is 1.46. The zero-order chi connectivity index (χ0) is 32.2. The number of hydrogen-bond acceptors (Lipinski definition) is 6. The summed E-state index contributed by atoms with van der Waals surface area (Å²) in [6.45, 7) is 5.24. The number of carbonyl (C=O) groups excluding carboxylic acids is 3. The molecule has 0 spiro atoms. The number of amides is 3. The van der Waals surface area contributed by atoms with E-state index in [0.717, 1.165) is 27.8 Å². The lowest BCUT2D eigenvalue weighted by atomic mass is 10.0. The standard InChI is InChI=1S/C32H25ClF2N6O4/c1-17-11-19(7-9-21(17)18(2)42)14-37-32(45)28-13-27(31(44)36-15-20-8-10-24(34)25(35)12-20)39-29-22(16-38-41(28)29)30(43)40-26-6-4-3-5-23(26)33/h3-13,16,42H,2,14-15H2,1H3,(H,36,44)(H,37,45)(H,40,43). The van der Waals surface area contributed by atoms with Crippen LogP contribution in [0.2, 0.25) is 5.02 Å². The number of nitrogens with zero attached hydrogens (tertiary/aromatic N) is 3. The molecule has 0 fully saturated rings. The fourth-order valence-corrected chi connectivity index (χ4v) is 4.69. The van der Waals surface area contributed by atoms with Crippen molar-refractivity contribution in [1.29, 1.82) is 0 Å². The highest BCUT2D eigenvalue weighted by atomic mass is 35.5. The van der Waals surface area contributed by atoms with E-state index in [9.17, 15) is 28.3 Å². The van der Waals surface area contributed by atoms with Crippen molar-refractivity contribution < 1.29 is 28.3 Å². The van der Waals surface area contributed by atoms with Gasteiger partial charge in [-0.3, -0.25) is 14.4 Å². The molecule has 2 aromatic heterocycles. The summed E-state index contributed by atoms with van der Waals surface area (Å²) in [5.74, 6) is -4.19. The average Bonchev–Trinajstić information content (AvgIpc) is 3.45. The molecule has 5 aromatic rings. The number of rotatable bonds is 9. The monoisotopic (exact) mass is 630 g/mol. The maximum atomic E-state index is 13.7. The number of benzene rings is 3. The number of aryl methyl sites for hydroxylation is 1. The highest BCUT2D eigenvalue weighted by Crippen LogP contribution is 2.23. The Morgan fingerprint density at radius 3 is 2.27 bits per heavy atom. The van der Waals surface area contributed by atoms with Crippen LogP contribution >= 0.6 is 11.6 Å². The van der Waals surface area contributed by atoms with Crippen LogP contribution in [-0.2, 0) is 13.1 Å². The molecule has 0 aliphatic heterocycles. The zero-order valence-electron chi connectivity index (χ0n) is 23.7. The van der Waals surface area contributed by atoms with Crippen molar-refractivity contribution in [3.05, 3.63) is 135 Å². The lowest BCUT2D eigenvalue weighted by molar-refractivity contribution is 0.0940. The maximum Gasteiger partial charge on any atom is 0.270 e. The van der Waals surface area contributed by atoms with E-state index in [2.05, 4.69) is 32.6 Å². The van der Waals surface area contributed by atoms with Crippen LogP contribution in [0.5, 0.6) is 0 Å². The van der Waals surface area contributed by atoms with E-state index in [0.29, 0.717) is 16.3 Å². The quantitative estimate of drug-likeness (QED) is 0.156. The molecule has 228 valence electrons. The second-order valence-electron chi connectivity index (χ2n) is 9.96. The fraction of sp³-hybridized carbons (Fsp3) is 0.0938. The van der Waals surface area contributed by atoms with Gasteiger partial charge in [0.15, 0.2) is 17.3 Å². The minimum absolute atomic E-state index is 0.0466. The summed E-state index contributed by atoms with van der Waals surface area (Å²) in [5, 5.41) is 22.2. The number of nitrogens with one attached hydrogen (secondary N) is 3. The van der Waals surface area contributed by atoms with Gasteiger partial charge in [-0.2, -0.15) is 5.10 Å². The van der Waals surface area contributed by atoms with Crippen LogP contribution in [0.4, 0.5) is 14.5 Å². The number of halogens is 3. The minimum atomic E-state index is -1.07. The van der Waals surface area contributed by atoms with Gasteiger partial charge in [0.25, 0.3) is 17.7 Å². The van der Waals surface area contributed by atoms with Crippen LogP contribution in [0, 0.1) is 18.6 Å². The summed E-state index contributed by atoms with van der Waals surface area (Å²) < 4.78 is 28.1. The zero-order valence-corrected chi connectivity index (χ0v) is 24.5. The molecule has 2 heterocycles. The Kier molecular flexibility index (Phi) is 8.86. The third kappa shape index (κ3) is 6.81. The average molecular weight is 631 g/mol. The van der Waals surface area contributed by atoms with Gasteiger partial charge in [0.2, 0.25) is 0 Å². The van der Waals surface area contributed by atoms with Crippen LogP contribution < -0.4 is 16.0 Å². The number of hydrogen-bond donors (Lipinski definition) is 4. The van der Waals surface area contributed by atoms with Gasteiger partial charge in [0.1, 0.15) is 22.7 Å². The maximum absolute atomic E-state index is 13.7. The van der Waals surface area contributed by atoms with Gasteiger partial charge in [-0.25, -0.2) is 18.3 Å². The lowest BCUT2D eigenvalue weighted by Crippen LogP contribution is -2.28. The molecule has 0 radical (unpaired) electrons. The van der Waals surface area contributed by atoms with Gasteiger partial charge in [-0.05, 0) is 47.9 Å². The molecule has 5 rings (SSSR count). The molecule has 0 saturated carbocycles. The fourth-order valence-electron chi connectivity index (χ4n) is 4.51. The van der Waals surface area contributed by atoms with Crippen LogP contribution in [0.1, 0.15) is 53.6 Å². The Morgan fingerprint density at radius 2 is 1.58 bits per heavy atom. The van der Waals surface area contributed by atoms with Crippen molar-refractivity contribution in [2.24, 2.45) is 0 Å². The first-order valence-electron chi connectivity index (χ1n) is 13.4. The van der Waals surface area contributed by atoms with Crippen LogP contribution in [0.15, 0.2) is 79.5 Å². The summed E-state index contributed by atoms with van der Waals surface area (Å²) >= 11 is 6.19. The van der Waals surface area contributed by atoms with Gasteiger partial charge in [0.05, 0.1) is 16.9 Å². The van der Waals surface area contributed by atoms with Gasteiger partial charge >= 0.3 is 0 Å². The molecular formula is C32H25ClF2N6O4. The van der Waals surface area contributed by atoms with Gasteiger partial charge in [-0.15, -0.1) is 0 Å². The number of carbonyl (C=O) groups is 3. The van der Waals surface area contributed by atoms with Crippen molar-refractivity contribution in [3.8, 4) is 0 Å². The van der Waals surface area contributed by atoms with Crippen molar-refractivity contribution in [3.63, 3.8) is 0 Å². The second-order valence-corrected chi connectivity index (χ2v) is 10.4. The van der Waals surface area contributed by atoms with Crippen molar-refractivity contribution in [1.82, 2.24) is 25.2 Å². The molecule has 0 atom stereocenters. The van der Waals surface area contributed by atoms with Crippen LogP contribution in [0.25, 0.3) is 11.4 Å². The SMILES string of the molecule is C=C(O)c1ccc(CNC(=O)c2cc(C(=O)NCc3ccc(F)c(F)c3)nc3c(C(=O)Nc4ccccc4Cl)cnn23)cc1C. The molecule has 0 aliphatic rings. The summed E-state index contributed by atoms with van der Waals surface area (Å²) in [7, 11) is 0. The van der Waals surface area contributed by atoms with E-state index in [1.54, 1.807) is 49.4 Å². The molecule has 0 bridgehead atoms. The summed E-state index contributed by atoms with van der Waals surface area (Å²) in [6, 6.07) is 16.2. The Hall–Kier alpha value is -5.62. The second kappa shape index (κ2) is 12.9. The van der Waals surface area contributed by atoms with E-state index in [-0.39, 0.29) is 47.0 Å². The third-order valence-electron chi connectivity index (χ3n) is 6.80. The molecule has 0 aliphatic carbocycles. The predicted octanol–water partition coefficient (Wildman–Crippen LogP) is 5.61. The first-order chi connectivity index (χ1) is 21.5. The van der Waals surface area contributed by atoms with Crippen LogP contribution in [-0.4, -0.2) is 37.4 Å². The summed E-state index contributed by atoms with van der Waals surface area (Å²) in [4.78, 5) is 44.2. The third-order valence-corrected chi connectivity index (χ3v) is 7.13. The molecule has 3 amide bonds. The summed E-state index contributed by atoms with van der Waals surface area (Å²) in [6.07, 6.45) is 1.21. The first-order valence-corrected chi connectivity index (χ1v) is 13.8. The first kappa shape index (κ1) is 30.8. The van der Waals surface area contributed by atoms with E-state index in [1.165, 1.54) is 18.3 Å². The Labute approximate surface area is 260 Å². The van der Waals surface area contributed by atoms with E-state index < -0.39 is 29.4 Å². The Morgan fingerprint density at radius 1 is 0.889 bits per heavy atom. The number of anilines is 1. The van der Waals surface area contributed by atoms with E-state index in [4.69, 9.17) is 11.6 Å². The number of para-hydroxylation sites is 1. The number of fused-ring (bicyclic) bond motifs is 1. The predicted molar refractivity (Wildman–Crippen MR) is 164 cm³/mol. The van der Waals surface area contributed by atoms with Crippen molar-refractivity contribution in [2.75, 3.05) is 5.32 Å². The minimum Gasteiger partial charge on any atom is -0.508 e. The van der Waals surface area contributed by atoms with E-state index in [1.807, 2.05) is 0 Å². The molecular weight excluding hydrogens is 606 g/mol. The summed E-state index contributed by atoms with van der Waals surface area (Å²) in [5.41, 5.74) is 2.18. The van der Waals surface area contributed by atoms with Crippen molar-refractivity contribution in [2.45, 2.75) is 20.0 Å². The molecule has 3 aromatic carbocycles. The van der Waals surface area contributed by atoms with Crippen molar-refractivity contribution >= 4 is 46.4 Å². The van der Waals surface area contributed by atoms with E-state index >= 15 is 0 Å². The molecule has 45 heavy (non-hydrogen) atoms. The van der Waals surface area contributed by atoms with Crippen LogP contribution in [0.3, 0.4) is 0 Å². The Bertz CT molecular complexity index is 1990. The molecule has 0 saturated heterocycles. The number of aromatic nitrogens is 3. The highest BCUT2D eigenvalue weighted by molar-refractivity contribution is 6.34. The molecule has 10 nitrogen and oxygen atoms in total. The normalized spacial score (nSPS) is 10.8. The topological polar surface area (TPSA) is 138 Å². The van der Waals surface area contributed by atoms with Gasteiger partial charge in [-0.1, -0.05) is 54.6 Å². The van der Waals surface area contributed by atoms with Gasteiger partial charge in [0, 0.05) is 24.7 Å². The number of aliphatic hydroxyl groups is 1. The smallest absolute Gasteiger partial charge is 0.270 e. The molecule has 0 unspecified atom stereocenters. The molecule has 4 N–H and O–H groups in total. The van der Waals surface area contributed by atoms with Gasteiger partial charge < -0.3 is 21.1 Å². The lowest BCUT2D eigenvalue weighted by Gasteiger charge is -2.12. The highest BCUT2D eigenvalue weighted by Gasteiger charge is 2.23. The number of aliphatic hydroxyl groups excluding tert-OH is 1.